The molecule has 4 heteroatoms. The fraction of sp³-hybridized carbons (Fsp3) is 0.182. The number of rotatable bonds is 3. The van der Waals surface area contributed by atoms with Crippen LogP contribution in [0.25, 0.3) is 6.08 Å². The monoisotopic (exact) mass is 288 g/mol. The maximum atomic E-state index is 10.8. The van der Waals surface area contributed by atoms with Crippen molar-refractivity contribution in [2.45, 2.75) is 6.42 Å². The summed E-state index contributed by atoms with van der Waals surface area (Å²) >= 11 is 9.18. The van der Waals surface area contributed by atoms with E-state index in [0.717, 1.165) is 10.0 Å². The Hall–Kier alpha value is -0.800. The molecule has 0 aliphatic heterocycles. The molecule has 0 radical (unpaired) electrons. The molecule has 0 spiro atoms. The Morgan fingerprint density at radius 1 is 1.60 bits per heavy atom. The molecule has 0 heterocycles. The number of carbonyl (C=O) groups is 1. The van der Waals surface area contributed by atoms with Crippen LogP contribution >= 0.6 is 27.5 Å². The highest BCUT2D eigenvalue weighted by atomic mass is 79.9. The van der Waals surface area contributed by atoms with E-state index in [1.165, 1.54) is 7.11 Å². The second-order valence-electron chi connectivity index (χ2n) is 2.85. The highest BCUT2D eigenvalue weighted by Crippen LogP contribution is 2.22. The van der Waals surface area contributed by atoms with E-state index in [-0.39, 0.29) is 12.4 Å². The van der Waals surface area contributed by atoms with Crippen LogP contribution in [0.5, 0.6) is 0 Å². The van der Waals surface area contributed by atoms with E-state index < -0.39 is 0 Å². The van der Waals surface area contributed by atoms with E-state index in [0.29, 0.717) is 5.02 Å². The van der Waals surface area contributed by atoms with Gasteiger partial charge in [0.1, 0.15) is 0 Å². The number of methoxy groups -OCH3 is 1. The molecule has 0 bridgehead atoms. The van der Waals surface area contributed by atoms with Gasteiger partial charge in [0.25, 0.3) is 0 Å². The molecule has 0 atom stereocenters. The van der Waals surface area contributed by atoms with Crippen molar-refractivity contribution in [3.05, 3.63) is 39.3 Å². The lowest BCUT2D eigenvalue weighted by molar-refractivity contribution is -0.139. The van der Waals surface area contributed by atoms with Crippen LogP contribution in [0.4, 0.5) is 0 Å². The SMILES string of the molecule is COC(=O)CC=Cc1ccc(Cl)cc1Br. The number of halogens is 2. The Morgan fingerprint density at radius 2 is 2.33 bits per heavy atom. The zero-order chi connectivity index (χ0) is 11.3. The minimum Gasteiger partial charge on any atom is -0.469 e. The van der Waals surface area contributed by atoms with Gasteiger partial charge in [0.2, 0.25) is 0 Å². The maximum Gasteiger partial charge on any atom is 0.309 e. The zero-order valence-electron chi connectivity index (χ0n) is 8.17. The van der Waals surface area contributed by atoms with Gasteiger partial charge in [0, 0.05) is 9.50 Å². The van der Waals surface area contributed by atoms with Crippen LogP contribution in [0.15, 0.2) is 28.7 Å². The molecular weight excluding hydrogens is 279 g/mol. The van der Waals surface area contributed by atoms with Crippen molar-refractivity contribution in [2.24, 2.45) is 0 Å². The predicted molar refractivity (Wildman–Crippen MR) is 64.8 cm³/mol. The van der Waals surface area contributed by atoms with E-state index >= 15 is 0 Å². The smallest absolute Gasteiger partial charge is 0.309 e. The first-order valence-electron chi connectivity index (χ1n) is 4.32. The van der Waals surface area contributed by atoms with E-state index in [1.807, 2.05) is 12.1 Å². The third-order valence-electron chi connectivity index (χ3n) is 1.77. The summed E-state index contributed by atoms with van der Waals surface area (Å²) in [6.07, 6.45) is 3.86. The lowest BCUT2D eigenvalue weighted by Gasteiger charge is -1.98. The molecule has 1 rings (SSSR count). The van der Waals surface area contributed by atoms with Crippen LogP contribution in [0.1, 0.15) is 12.0 Å². The lowest BCUT2D eigenvalue weighted by Crippen LogP contribution is -1.96. The first kappa shape index (κ1) is 12.3. The predicted octanol–water partition coefficient (Wildman–Crippen LogP) is 3.68. The summed E-state index contributed by atoms with van der Waals surface area (Å²) in [7, 11) is 1.37. The Morgan fingerprint density at radius 3 is 2.93 bits per heavy atom. The van der Waals surface area contributed by atoms with Gasteiger partial charge >= 0.3 is 5.97 Å². The quantitative estimate of drug-likeness (QED) is 0.794. The molecule has 1 aromatic carbocycles. The molecule has 80 valence electrons. The van der Waals surface area contributed by atoms with Crippen LogP contribution in [-0.2, 0) is 9.53 Å². The molecule has 0 aromatic heterocycles. The number of hydrogen-bond acceptors (Lipinski definition) is 2. The van der Waals surface area contributed by atoms with Gasteiger partial charge in [0.15, 0.2) is 0 Å². The number of benzene rings is 1. The average molecular weight is 290 g/mol. The fourth-order valence-electron chi connectivity index (χ4n) is 1.00. The lowest BCUT2D eigenvalue weighted by atomic mass is 10.2. The second kappa shape index (κ2) is 5.93. The maximum absolute atomic E-state index is 10.8. The topological polar surface area (TPSA) is 26.3 Å². The van der Waals surface area contributed by atoms with Gasteiger partial charge in [-0.05, 0) is 17.7 Å². The summed E-state index contributed by atoms with van der Waals surface area (Å²) in [5.41, 5.74) is 0.975. The van der Waals surface area contributed by atoms with Crippen LogP contribution in [0.2, 0.25) is 5.02 Å². The minimum absolute atomic E-state index is 0.253. The summed E-state index contributed by atoms with van der Waals surface area (Å²) in [6, 6.07) is 5.48. The van der Waals surface area contributed by atoms with Crippen LogP contribution in [-0.4, -0.2) is 13.1 Å². The summed E-state index contributed by atoms with van der Waals surface area (Å²) < 4.78 is 5.41. The van der Waals surface area contributed by atoms with E-state index in [9.17, 15) is 4.79 Å². The summed E-state index contributed by atoms with van der Waals surface area (Å²) in [5.74, 6) is -0.253. The van der Waals surface area contributed by atoms with Gasteiger partial charge in [-0.15, -0.1) is 0 Å². The van der Waals surface area contributed by atoms with Crippen LogP contribution < -0.4 is 0 Å². The molecule has 0 saturated heterocycles. The number of esters is 1. The second-order valence-corrected chi connectivity index (χ2v) is 4.14. The molecule has 2 nitrogen and oxygen atoms in total. The van der Waals surface area contributed by atoms with Crippen molar-refractivity contribution < 1.29 is 9.53 Å². The molecule has 0 aliphatic carbocycles. The molecule has 15 heavy (non-hydrogen) atoms. The fourth-order valence-corrected chi connectivity index (χ4v) is 1.82. The molecular formula is C11H10BrClO2. The van der Waals surface area contributed by atoms with Gasteiger partial charge in [-0.2, -0.15) is 0 Å². The largest absolute Gasteiger partial charge is 0.469 e. The van der Waals surface area contributed by atoms with Crippen molar-refractivity contribution in [3.63, 3.8) is 0 Å². The highest BCUT2D eigenvalue weighted by molar-refractivity contribution is 9.10. The normalized spacial score (nSPS) is 10.6. The van der Waals surface area contributed by atoms with Crippen molar-refractivity contribution in [1.82, 2.24) is 0 Å². The van der Waals surface area contributed by atoms with Gasteiger partial charge in [-0.25, -0.2) is 0 Å². The summed E-state index contributed by atoms with van der Waals surface area (Å²) in [4.78, 5) is 10.8. The van der Waals surface area contributed by atoms with Gasteiger partial charge in [-0.1, -0.05) is 45.7 Å². The van der Waals surface area contributed by atoms with Crippen LogP contribution in [0.3, 0.4) is 0 Å². The van der Waals surface area contributed by atoms with Gasteiger partial charge < -0.3 is 4.74 Å². The Bertz CT molecular complexity index is 388. The summed E-state index contributed by atoms with van der Waals surface area (Å²) in [6.45, 7) is 0. The molecule has 0 saturated carbocycles. The van der Waals surface area contributed by atoms with E-state index in [4.69, 9.17) is 11.6 Å². The average Bonchev–Trinajstić information content (AvgIpc) is 2.21. The third-order valence-corrected chi connectivity index (χ3v) is 2.69. The molecule has 0 amide bonds. The Kier molecular flexibility index (Phi) is 4.85. The van der Waals surface area contributed by atoms with Gasteiger partial charge in [-0.3, -0.25) is 4.79 Å². The Balaban J connectivity index is 2.68. The van der Waals surface area contributed by atoms with Crippen molar-refractivity contribution in [3.8, 4) is 0 Å². The van der Waals surface area contributed by atoms with Gasteiger partial charge in [0.05, 0.1) is 13.5 Å². The van der Waals surface area contributed by atoms with E-state index in [1.54, 1.807) is 18.2 Å². The van der Waals surface area contributed by atoms with Crippen molar-refractivity contribution in [1.29, 1.82) is 0 Å². The minimum atomic E-state index is -0.253. The molecule has 0 unspecified atom stereocenters. The first-order valence-corrected chi connectivity index (χ1v) is 5.49. The van der Waals surface area contributed by atoms with E-state index in [2.05, 4.69) is 20.7 Å². The zero-order valence-corrected chi connectivity index (χ0v) is 10.5. The standard InChI is InChI=1S/C11H10BrClO2/c1-15-11(14)4-2-3-8-5-6-9(13)7-10(8)12/h2-3,5-7H,4H2,1H3. The van der Waals surface area contributed by atoms with Crippen molar-refractivity contribution in [2.75, 3.05) is 7.11 Å². The third kappa shape index (κ3) is 4.06. The number of carbonyl (C=O) groups excluding carboxylic acids is 1. The van der Waals surface area contributed by atoms with Crippen LogP contribution in [0, 0.1) is 0 Å². The van der Waals surface area contributed by atoms with Crippen molar-refractivity contribution >= 4 is 39.6 Å². The number of ether oxygens (including phenoxy) is 1. The first-order chi connectivity index (χ1) is 7.13. The summed E-state index contributed by atoms with van der Waals surface area (Å²) in [5, 5.41) is 0.673. The molecule has 1 aromatic rings. The highest BCUT2D eigenvalue weighted by Gasteiger charge is 1.98. The molecule has 0 aliphatic rings. The number of hydrogen-bond donors (Lipinski definition) is 0. The molecule has 0 fully saturated rings. The Labute approximate surface area is 102 Å². The molecule has 0 N–H and O–H groups in total.